The van der Waals surface area contributed by atoms with Gasteiger partial charge in [0.1, 0.15) is 12.4 Å². The van der Waals surface area contributed by atoms with E-state index in [-0.39, 0.29) is 17.1 Å². The lowest BCUT2D eigenvalue weighted by Crippen LogP contribution is -2.35. The minimum absolute atomic E-state index is 0.229. The summed E-state index contributed by atoms with van der Waals surface area (Å²) < 4.78 is 16.2. The van der Waals surface area contributed by atoms with E-state index in [0.29, 0.717) is 28.2 Å². The van der Waals surface area contributed by atoms with Gasteiger partial charge >= 0.3 is 0 Å². The van der Waals surface area contributed by atoms with Crippen molar-refractivity contribution in [1.29, 1.82) is 0 Å². The second kappa shape index (κ2) is 7.01. The molecular weight excluding hydrogens is 385 g/mol. The second-order valence-corrected chi connectivity index (χ2v) is 7.49. The highest BCUT2D eigenvalue weighted by Gasteiger charge is 2.28. The first kappa shape index (κ1) is 18.6. The lowest BCUT2D eigenvalue weighted by molar-refractivity contribution is -0.122. The van der Waals surface area contributed by atoms with Crippen LogP contribution in [0.15, 0.2) is 29.2 Å². The minimum Gasteiger partial charge on any atom is -0.348 e. The lowest BCUT2D eigenvalue weighted by atomic mass is 10.1. The van der Waals surface area contributed by atoms with Gasteiger partial charge in [0.05, 0.1) is 34.9 Å². The Morgan fingerprint density at radius 1 is 1.43 bits per heavy atom. The van der Waals surface area contributed by atoms with Crippen molar-refractivity contribution < 1.29 is 9.18 Å². The average molecular weight is 404 g/mol. The molecule has 1 saturated carbocycles. The third-order valence-electron chi connectivity index (χ3n) is 4.88. The van der Waals surface area contributed by atoms with Gasteiger partial charge in [-0.3, -0.25) is 14.3 Å². The van der Waals surface area contributed by atoms with Crippen molar-refractivity contribution in [2.75, 3.05) is 0 Å². The normalized spacial score (nSPS) is 15.0. The first-order valence-corrected chi connectivity index (χ1v) is 9.42. The summed E-state index contributed by atoms with van der Waals surface area (Å²) in [7, 11) is 0. The Hall–Kier alpha value is -2.74. The standard InChI is InChI=1S/C19H19ClFN5O2/c1-10(14-6-3-12(21)7-15(14)20)23-17(27)9-25-19(28)18-11(2)24-26(13-4-5-13)16(18)8-22-25/h3,6-8,10,13H,4-5,9H2,1-2H3,(H,23,27). The van der Waals surface area contributed by atoms with Gasteiger partial charge in [-0.25, -0.2) is 9.07 Å². The molecular formula is C19H19ClFN5O2. The molecule has 1 fully saturated rings. The topological polar surface area (TPSA) is 81.8 Å². The molecule has 1 aromatic carbocycles. The summed E-state index contributed by atoms with van der Waals surface area (Å²) in [5.74, 6) is -0.840. The summed E-state index contributed by atoms with van der Waals surface area (Å²) in [5.41, 5.74) is 1.58. The molecule has 1 amide bonds. The van der Waals surface area contributed by atoms with Crippen LogP contribution in [-0.2, 0) is 11.3 Å². The number of carbonyl (C=O) groups excluding carboxylic acids is 1. The van der Waals surface area contributed by atoms with Crippen LogP contribution in [0.2, 0.25) is 5.02 Å². The molecule has 4 rings (SSSR count). The summed E-state index contributed by atoms with van der Waals surface area (Å²) in [4.78, 5) is 25.2. The number of nitrogens with zero attached hydrogens (tertiary/aromatic N) is 4. The molecule has 146 valence electrons. The van der Waals surface area contributed by atoms with Crippen LogP contribution in [0.5, 0.6) is 0 Å². The number of halogens is 2. The Labute approximate surface area is 165 Å². The van der Waals surface area contributed by atoms with Gasteiger partial charge in [-0.1, -0.05) is 17.7 Å². The maximum atomic E-state index is 13.2. The molecule has 3 aromatic rings. The van der Waals surface area contributed by atoms with Crippen LogP contribution in [0.3, 0.4) is 0 Å². The third-order valence-corrected chi connectivity index (χ3v) is 5.21. The fourth-order valence-electron chi connectivity index (χ4n) is 3.32. The summed E-state index contributed by atoms with van der Waals surface area (Å²) in [6, 6.07) is 3.89. The molecule has 0 radical (unpaired) electrons. The van der Waals surface area contributed by atoms with Crippen LogP contribution in [0, 0.1) is 12.7 Å². The second-order valence-electron chi connectivity index (χ2n) is 7.08. The van der Waals surface area contributed by atoms with E-state index in [1.165, 1.54) is 18.2 Å². The molecule has 1 unspecified atom stereocenters. The monoisotopic (exact) mass is 403 g/mol. The number of fused-ring (bicyclic) bond motifs is 1. The Kier molecular flexibility index (Phi) is 4.66. The van der Waals surface area contributed by atoms with Crippen molar-refractivity contribution in [2.45, 2.75) is 45.3 Å². The first-order valence-electron chi connectivity index (χ1n) is 9.04. The van der Waals surface area contributed by atoms with Crippen molar-refractivity contribution in [3.8, 4) is 0 Å². The lowest BCUT2D eigenvalue weighted by Gasteiger charge is -2.16. The number of carbonyl (C=O) groups is 1. The maximum Gasteiger partial charge on any atom is 0.278 e. The van der Waals surface area contributed by atoms with Crippen molar-refractivity contribution >= 4 is 28.4 Å². The molecule has 0 saturated heterocycles. The Morgan fingerprint density at radius 3 is 2.86 bits per heavy atom. The number of aromatic nitrogens is 4. The molecule has 2 aromatic heterocycles. The summed E-state index contributed by atoms with van der Waals surface area (Å²) in [6.07, 6.45) is 3.68. The number of nitrogens with one attached hydrogen (secondary N) is 1. The predicted molar refractivity (Wildman–Crippen MR) is 103 cm³/mol. The maximum absolute atomic E-state index is 13.2. The fraction of sp³-hybridized carbons (Fsp3) is 0.368. The number of hydrogen-bond acceptors (Lipinski definition) is 4. The van der Waals surface area contributed by atoms with Gasteiger partial charge in [-0.05, 0) is 44.4 Å². The van der Waals surface area contributed by atoms with Crippen molar-refractivity contribution in [1.82, 2.24) is 24.9 Å². The van der Waals surface area contributed by atoms with Crippen LogP contribution >= 0.6 is 11.6 Å². The zero-order chi connectivity index (χ0) is 20.0. The first-order chi connectivity index (χ1) is 13.3. The molecule has 28 heavy (non-hydrogen) atoms. The highest BCUT2D eigenvalue weighted by Crippen LogP contribution is 2.36. The van der Waals surface area contributed by atoms with Crippen molar-refractivity contribution in [3.05, 3.63) is 56.8 Å². The van der Waals surface area contributed by atoms with Gasteiger partial charge in [0.15, 0.2) is 0 Å². The van der Waals surface area contributed by atoms with E-state index < -0.39 is 17.8 Å². The summed E-state index contributed by atoms with van der Waals surface area (Å²) in [6.45, 7) is 3.29. The number of aryl methyl sites for hydroxylation is 1. The predicted octanol–water partition coefficient (Wildman–Crippen LogP) is 2.91. The Morgan fingerprint density at radius 2 is 2.18 bits per heavy atom. The van der Waals surface area contributed by atoms with E-state index in [4.69, 9.17) is 11.6 Å². The SMILES string of the molecule is Cc1nn(C2CC2)c2cnn(CC(=O)NC(C)c3ccc(F)cc3Cl)c(=O)c12. The Bertz CT molecular complexity index is 1140. The van der Waals surface area contributed by atoms with Crippen LogP contribution in [0.1, 0.15) is 43.1 Å². The molecule has 2 heterocycles. The molecule has 0 bridgehead atoms. The molecule has 1 N–H and O–H groups in total. The molecule has 7 nitrogen and oxygen atoms in total. The molecule has 1 atom stereocenters. The zero-order valence-electron chi connectivity index (χ0n) is 15.4. The van der Waals surface area contributed by atoms with Gasteiger partial charge < -0.3 is 5.32 Å². The van der Waals surface area contributed by atoms with Crippen molar-refractivity contribution in [2.24, 2.45) is 0 Å². The van der Waals surface area contributed by atoms with E-state index in [0.717, 1.165) is 17.5 Å². The number of hydrogen-bond donors (Lipinski definition) is 1. The number of amides is 1. The van der Waals surface area contributed by atoms with Crippen LogP contribution < -0.4 is 10.9 Å². The smallest absolute Gasteiger partial charge is 0.278 e. The van der Waals surface area contributed by atoms with Gasteiger partial charge in [-0.15, -0.1) is 0 Å². The van der Waals surface area contributed by atoms with Crippen LogP contribution in [0.4, 0.5) is 4.39 Å². The van der Waals surface area contributed by atoms with E-state index in [1.807, 2.05) is 4.68 Å². The molecule has 0 spiro atoms. The Balaban J connectivity index is 1.54. The number of rotatable bonds is 5. The zero-order valence-corrected chi connectivity index (χ0v) is 16.2. The molecule has 1 aliphatic rings. The highest BCUT2D eigenvalue weighted by molar-refractivity contribution is 6.31. The minimum atomic E-state index is -0.446. The van der Waals surface area contributed by atoms with E-state index in [9.17, 15) is 14.0 Å². The molecule has 1 aliphatic carbocycles. The van der Waals surface area contributed by atoms with E-state index >= 15 is 0 Å². The summed E-state index contributed by atoms with van der Waals surface area (Å²) >= 11 is 6.04. The quantitative estimate of drug-likeness (QED) is 0.710. The molecule has 0 aliphatic heterocycles. The third kappa shape index (κ3) is 3.40. The molecule has 9 heteroatoms. The number of benzene rings is 1. The average Bonchev–Trinajstić information content (AvgIpc) is 3.41. The van der Waals surface area contributed by atoms with Gasteiger partial charge in [0.2, 0.25) is 5.91 Å². The van der Waals surface area contributed by atoms with E-state index in [1.54, 1.807) is 20.0 Å². The fourth-order valence-corrected chi connectivity index (χ4v) is 3.65. The largest absolute Gasteiger partial charge is 0.348 e. The van der Waals surface area contributed by atoms with Crippen molar-refractivity contribution in [3.63, 3.8) is 0 Å². The van der Waals surface area contributed by atoms with Gasteiger partial charge in [-0.2, -0.15) is 10.2 Å². The highest BCUT2D eigenvalue weighted by atomic mass is 35.5. The summed E-state index contributed by atoms with van der Waals surface area (Å²) in [5, 5.41) is 12.1. The van der Waals surface area contributed by atoms with Gasteiger partial charge in [0, 0.05) is 5.02 Å². The van der Waals surface area contributed by atoms with Crippen LogP contribution in [0.25, 0.3) is 10.9 Å². The van der Waals surface area contributed by atoms with Gasteiger partial charge in [0.25, 0.3) is 5.56 Å². The van der Waals surface area contributed by atoms with Crippen LogP contribution in [-0.4, -0.2) is 25.5 Å². The van der Waals surface area contributed by atoms with E-state index in [2.05, 4.69) is 15.5 Å².